The molecule has 0 aromatic heterocycles. The lowest BCUT2D eigenvalue weighted by Crippen LogP contribution is -2.41. The topological polar surface area (TPSA) is 74.7 Å². The summed E-state index contributed by atoms with van der Waals surface area (Å²) in [4.78, 5) is 36.7. The van der Waals surface area contributed by atoms with E-state index >= 15 is 0 Å². The number of unbranched alkanes of at least 4 members (excludes halogenated alkanes) is 3. The molecule has 5 nitrogen and oxygen atoms in total. The summed E-state index contributed by atoms with van der Waals surface area (Å²) in [5.41, 5.74) is 1.04. The Labute approximate surface area is 161 Å². The number of hydrogen-bond acceptors (Lipinski definition) is 4. The third kappa shape index (κ3) is 8.31. The van der Waals surface area contributed by atoms with Crippen molar-refractivity contribution in [3.05, 3.63) is 48.0 Å². The third-order valence-electron chi connectivity index (χ3n) is 4.88. The van der Waals surface area contributed by atoms with Gasteiger partial charge < -0.3 is 5.11 Å². The highest BCUT2D eigenvalue weighted by Gasteiger charge is 2.22. The van der Waals surface area contributed by atoms with Crippen LogP contribution < -0.4 is 0 Å². The van der Waals surface area contributed by atoms with Crippen LogP contribution in [0.15, 0.2) is 42.5 Å². The number of ketones is 2. The number of rotatable bonds is 12. The molecule has 146 valence electrons. The van der Waals surface area contributed by atoms with E-state index in [4.69, 9.17) is 5.11 Å². The number of Topliss-reactive ketones (excluding diaryl/α,β-unsaturated/α-hetero) is 1. The minimum Gasteiger partial charge on any atom is -0.481 e. The molecule has 1 atom stereocenters. The molecule has 0 radical (unpaired) electrons. The zero-order chi connectivity index (χ0) is 19.5. The summed E-state index contributed by atoms with van der Waals surface area (Å²) in [5.74, 6) is -0.421. The predicted molar refractivity (Wildman–Crippen MR) is 105 cm³/mol. The van der Waals surface area contributed by atoms with Crippen LogP contribution in [-0.4, -0.2) is 46.7 Å². The molecule has 0 unspecified atom stereocenters. The highest BCUT2D eigenvalue weighted by atomic mass is 16.4. The van der Waals surface area contributed by atoms with Gasteiger partial charge in [-0.25, -0.2) is 0 Å². The van der Waals surface area contributed by atoms with Crippen molar-refractivity contribution in [2.45, 2.75) is 57.4 Å². The summed E-state index contributed by atoms with van der Waals surface area (Å²) in [6.07, 6.45) is 8.96. The Balaban J connectivity index is 1.73. The van der Waals surface area contributed by atoms with Gasteiger partial charge in [-0.3, -0.25) is 19.3 Å². The van der Waals surface area contributed by atoms with E-state index in [-0.39, 0.29) is 24.0 Å². The van der Waals surface area contributed by atoms with Crippen LogP contribution in [0.4, 0.5) is 0 Å². The first-order chi connectivity index (χ1) is 13.0. The number of carboxylic acid groups (broad SMARTS) is 1. The van der Waals surface area contributed by atoms with Crippen LogP contribution in [0.3, 0.4) is 0 Å². The van der Waals surface area contributed by atoms with Crippen LogP contribution in [-0.2, 0) is 20.8 Å². The lowest BCUT2D eigenvalue weighted by molar-refractivity contribution is -0.137. The molecule has 0 bridgehead atoms. The maximum absolute atomic E-state index is 12.3. The Morgan fingerprint density at radius 2 is 1.78 bits per heavy atom. The fourth-order valence-corrected chi connectivity index (χ4v) is 3.40. The van der Waals surface area contributed by atoms with Gasteiger partial charge in [0.2, 0.25) is 0 Å². The van der Waals surface area contributed by atoms with Gasteiger partial charge in [0.15, 0.2) is 5.78 Å². The van der Waals surface area contributed by atoms with E-state index in [1.807, 2.05) is 36.4 Å². The van der Waals surface area contributed by atoms with Crippen molar-refractivity contribution in [2.24, 2.45) is 0 Å². The van der Waals surface area contributed by atoms with Crippen molar-refractivity contribution in [1.82, 2.24) is 4.90 Å². The molecule has 5 heteroatoms. The van der Waals surface area contributed by atoms with Crippen molar-refractivity contribution in [3.63, 3.8) is 0 Å². The Morgan fingerprint density at radius 1 is 1.04 bits per heavy atom. The van der Waals surface area contributed by atoms with Gasteiger partial charge in [-0.1, -0.05) is 49.2 Å². The fourth-order valence-electron chi connectivity index (χ4n) is 3.40. The van der Waals surface area contributed by atoms with Crippen molar-refractivity contribution in [2.75, 3.05) is 13.1 Å². The molecule has 0 fully saturated rings. The Hall–Kier alpha value is -2.27. The lowest BCUT2D eigenvalue weighted by Gasteiger charge is -2.31. The van der Waals surface area contributed by atoms with Gasteiger partial charge >= 0.3 is 5.97 Å². The summed E-state index contributed by atoms with van der Waals surface area (Å²) in [7, 11) is 0. The summed E-state index contributed by atoms with van der Waals surface area (Å²) in [5, 5.41) is 8.65. The third-order valence-corrected chi connectivity index (χ3v) is 4.88. The molecule has 1 N–H and O–H groups in total. The van der Waals surface area contributed by atoms with Crippen LogP contribution >= 0.6 is 0 Å². The predicted octanol–water partition coefficient (Wildman–Crippen LogP) is 3.42. The molecule has 27 heavy (non-hydrogen) atoms. The average molecular weight is 371 g/mol. The van der Waals surface area contributed by atoms with E-state index in [2.05, 4.69) is 4.90 Å². The van der Waals surface area contributed by atoms with E-state index in [1.54, 1.807) is 6.08 Å². The molecule has 1 aromatic carbocycles. The number of benzene rings is 1. The summed E-state index contributed by atoms with van der Waals surface area (Å²) in [6.45, 7) is 1.21. The zero-order valence-electron chi connectivity index (χ0n) is 15.8. The van der Waals surface area contributed by atoms with E-state index in [0.717, 1.165) is 37.8 Å². The summed E-state index contributed by atoms with van der Waals surface area (Å²) >= 11 is 0. The van der Waals surface area contributed by atoms with Gasteiger partial charge in [0.05, 0.1) is 6.54 Å². The molecule has 0 amide bonds. The standard InChI is InChI=1S/C22H29NO4/c24-20(16-18-8-4-3-5-9-18)13-11-19-12-14-21(25)17-23(19)15-7-2-1-6-10-22(26)27/h3-5,8-9,12,14,19H,1-2,6-7,10-11,13,15-17H2,(H,26,27)/t19-/m0/s1. The van der Waals surface area contributed by atoms with Gasteiger partial charge in [0, 0.05) is 25.3 Å². The second kappa shape index (κ2) is 11.4. The molecule has 1 heterocycles. The first kappa shape index (κ1) is 21.0. The van der Waals surface area contributed by atoms with Crippen LogP contribution in [0.25, 0.3) is 0 Å². The van der Waals surface area contributed by atoms with Gasteiger partial charge in [-0.15, -0.1) is 0 Å². The fraction of sp³-hybridized carbons (Fsp3) is 0.500. The molecule has 2 rings (SSSR count). The van der Waals surface area contributed by atoms with Crippen LogP contribution in [0.1, 0.15) is 50.5 Å². The summed E-state index contributed by atoms with van der Waals surface area (Å²) in [6, 6.07) is 9.88. The Bertz CT molecular complexity index is 654. The van der Waals surface area contributed by atoms with Gasteiger partial charge in [0.25, 0.3) is 0 Å². The number of carboxylic acids is 1. The molecular formula is C22H29NO4. The Kier molecular flexibility index (Phi) is 8.92. The maximum Gasteiger partial charge on any atom is 0.303 e. The highest BCUT2D eigenvalue weighted by Crippen LogP contribution is 2.16. The molecule has 1 aliphatic heterocycles. The minimum absolute atomic E-state index is 0.104. The monoisotopic (exact) mass is 371 g/mol. The van der Waals surface area contributed by atoms with Crippen LogP contribution in [0, 0.1) is 0 Å². The average Bonchev–Trinajstić information content (AvgIpc) is 2.64. The largest absolute Gasteiger partial charge is 0.481 e. The first-order valence-corrected chi connectivity index (χ1v) is 9.77. The molecule has 1 aromatic rings. The van der Waals surface area contributed by atoms with Crippen molar-refractivity contribution in [3.8, 4) is 0 Å². The molecule has 0 saturated heterocycles. The molecular weight excluding hydrogens is 342 g/mol. The van der Waals surface area contributed by atoms with Crippen molar-refractivity contribution < 1.29 is 19.5 Å². The molecule has 0 saturated carbocycles. The van der Waals surface area contributed by atoms with E-state index in [0.29, 0.717) is 25.8 Å². The Morgan fingerprint density at radius 3 is 2.52 bits per heavy atom. The first-order valence-electron chi connectivity index (χ1n) is 9.77. The van der Waals surface area contributed by atoms with Gasteiger partial charge in [0.1, 0.15) is 5.78 Å². The van der Waals surface area contributed by atoms with E-state index in [1.165, 1.54) is 0 Å². The van der Waals surface area contributed by atoms with Crippen LogP contribution in [0.5, 0.6) is 0 Å². The number of carbonyl (C=O) groups is 3. The van der Waals surface area contributed by atoms with Crippen molar-refractivity contribution in [1.29, 1.82) is 0 Å². The SMILES string of the molecule is O=C(O)CCCCCCN1CC(=O)C=C[C@@H]1CCC(=O)Cc1ccccc1. The van der Waals surface area contributed by atoms with E-state index < -0.39 is 5.97 Å². The molecule has 0 aliphatic carbocycles. The number of nitrogens with zero attached hydrogens (tertiary/aromatic N) is 1. The minimum atomic E-state index is -0.748. The van der Waals surface area contributed by atoms with Crippen molar-refractivity contribution >= 4 is 17.5 Å². The lowest BCUT2D eigenvalue weighted by atomic mass is 9.99. The van der Waals surface area contributed by atoms with Gasteiger partial charge in [-0.2, -0.15) is 0 Å². The maximum atomic E-state index is 12.3. The van der Waals surface area contributed by atoms with Crippen LogP contribution in [0.2, 0.25) is 0 Å². The number of carbonyl (C=O) groups excluding carboxylic acids is 2. The molecule has 1 aliphatic rings. The zero-order valence-corrected chi connectivity index (χ0v) is 15.8. The second-order valence-electron chi connectivity index (χ2n) is 7.16. The quantitative estimate of drug-likeness (QED) is 0.570. The highest BCUT2D eigenvalue weighted by molar-refractivity contribution is 5.92. The second-order valence-corrected chi connectivity index (χ2v) is 7.16. The summed E-state index contributed by atoms with van der Waals surface area (Å²) < 4.78 is 0. The molecule has 0 spiro atoms. The van der Waals surface area contributed by atoms with Gasteiger partial charge in [-0.05, 0) is 37.4 Å². The number of hydrogen-bond donors (Lipinski definition) is 1. The van der Waals surface area contributed by atoms with E-state index in [9.17, 15) is 14.4 Å². The normalized spacial score (nSPS) is 17.2. The number of aliphatic carboxylic acids is 1. The smallest absolute Gasteiger partial charge is 0.303 e.